The van der Waals surface area contributed by atoms with Crippen molar-refractivity contribution in [1.29, 1.82) is 0 Å². The van der Waals surface area contributed by atoms with Crippen LogP contribution in [0.15, 0.2) is 54.6 Å². The summed E-state index contributed by atoms with van der Waals surface area (Å²) in [5, 5.41) is 7.22. The highest BCUT2D eigenvalue weighted by molar-refractivity contribution is 6.35. The fourth-order valence-electron chi connectivity index (χ4n) is 3.06. The zero-order chi connectivity index (χ0) is 19.2. The highest BCUT2D eigenvalue weighted by Gasteiger charge is 2.11. The summed E-state index contributed by atoms with van der Waals surface area (Å²) in [6, 6.07) is 18.0. The molecule has 0 aliphatic heterocycles. The molecule has 0 heterocycles. The molecule has 0 unspecified atom stereocenters. The number of ether oxygens (including phenoxy) is 1. The molecule has 2 nitrogen and oxygen atoms in total. The van der Waals surface area contributed by atoms with Gasteiger partial charge < -0.3 is 10.1 Å². The lowest BCUT2D eigenvalue weighted by atomic mass is 10.0. The van der Waals surface area contributed by atoms with Crippen LogP contribution in [-0.4, -0.2) is 6.54 Å². The summed E-state index contributed by atoms with van der Waals surface area (Å²) in [7, 11) is 0. The standard InChI is InChI=1S/C23H25Cl2NO/c1-16(2)12-13-26-14-19-18-7-4-3-6-17(18)10-11-23(19)27-15-20-21(24)8-5-9-22(20)25/h3-11,16,26H,12-15H2,1-2H3. The SMILES string of the molecule is CC(C)CCNCc1c(OCc2c(Cl)cccc2Cl)ccc2ccccc12. The van der Waals surface area contributed by atoms with E-state index >= 15 is 0 Å². The van der Waals surface area contributed by atoms with E-state index in [0.29, 0.717) is 22.6 Å². The molecular formula is C23H25Cl2NO. The second-order valence-corrected chi connectivity index (χ2v) is 7.93. The fourth-order valence-corrected chi connectivity index (χ4v) is 3.56. The molecule has 0 saturated heterocycles. The zero-order valence-electron chi connectivity index (χ0n) is 15.8. The lowest BCUT2D eigenvalue weighted by molar-refractivity contribution is 0.303. The van der Waals surface area contributed by atoms with Crippen LogP contribution in [0.2, 0.25) is 10.0 Å². The number of hydrogen-bond acceptors (Lipinski definition) is 2. The number of rotatable bonds is 8. The van der Waals surface area contributed by atoms with Crippen molar-refractivity contribution in [2.24, 2.45) is 5.92 Å². The van der Waals surface area contributed by atoms with Crippen molar-refractivity contribution < 1.29 is 4.74 Å². The van der Waals surface area contributed by atoms with Crippen molar-refractivity contribution >= 4 is 34.0 Å². The first-order valence-corrected chi connectivity index (χ1v) is 10.1. The summed E-state index contributed by atoms with van der Waals surface area (Å²) in [6.45, 7) is 6.56. The van der Waals surface area contributed by atoms with Gasteiger partial charge in [0.15, 0.2) is 0 Å². The summed E-state index contributed by atoms with van der Waals surface area (Å²) in [4.78, 5) is 0. The quantitative estimate of drug-likeness (QED) is 0.416. The third-order valence-corrected chi connectivity index (χ3v) is 5.34. The smallest absolute Gasteiger partial charge is 0.124 e. The second kappa shape index (κ2) is 9.45. The molecule has 0 aliphatic rings. The maximum Gasteiger partial charge on any atom is 0.124 e. The summed E-state index contributed by atoms with van der Waals surface area (Å²) in [6.07, 6.45) is 1.15. The van der Waals surface area contributed by atoms with Gasteiger partial charge in [0.05, 0.1) is 0 Å². The Hall–Kier alpha value is -1.74. The van der Waals surface area contributed by atoms with Crippen LogP contribution in [0.4, 0.5) is 0 Å². The van der Waals surface area contributed by atoms with Gasteiger partial charge >= 0.3 is 0 Å². The number of hydrogen-bond donors (Lipinski definition) is 1. The van der Waals surface area contributed by atoms with E-state index in [1.165, 1.54) is 16.3 Å². The number of fused-ring (bicyclic) bond motifs is 1. The van der Waals surface area contributed by atoms with Crippen LogP contribution in [0.25, 0.3) is 10.8 Å². The van der Waals surface area contributed by atoms with Crippen molar-refractivity contribution in [1.82, 2.24) is 5.32 Å². The molecule has 3 rings (SSSR count). The van der Waals surface area contributed by atoms with Crippen LogP contribution >= 0.6 is 23.2 Å². The third-order valence-electron chi connectivity index (χ3n) is 4.63. The molecule has 142 valence electrons. The first kappa shape index (κ1) is 20.0. The second-order valence-electron chi connectivity index (χ2n) is 7.11. The molecule has 0 aliphatic carbocycles. The average molecular weight is 402 g/mol. The van der Waals surface area contributed by atoms with E-state index in [1.54, 1.807) is 0 Å². The summed E-state index contributed by atoms with van der Waals surface area (Å²) in [5.74, 6) is 1.55. The predicted octanol–water partition coefficient (Wildman–Crippen LogP) is 6.86. The lowest BCUT2D eigenvalue weighted by Gasteiger charge is -2.16. The van der Waals surface area contributed by atoms with Gasteiger partial charge in [0, 0.05) is 27.7 Å². The molecule has 3 aromatic rings. The van der Waals surface area contributed by atoms with Crippen molar-refractivity contribution in [2.45, 2.75) is 33.4 Å². The van der Waals surface area contributed by atoms with E-state index in [9.17, 15) is 0 Å². The van der Waals surface area contributed by atoms with Crippen LogP contribution in [0, 0.1) is 5.92 Å². The topological polar surface area (TPSA) is 21.3 Å². The minimum absolute atomic E-state index is 0.343. The Morgan fingerprint density at radius 3 is 2.37 bits per heavy atom. The molecule has 0 amide bonds. The first-order valence-electron chi connectivity index (χ1n) is 9.33. The Labute approximate surface area is 171 Å². The Bertz CT molecular complexity index is 888. The Kier molecular flexibility index (Phi) is 7.01. The molecule has 0 spiro atoms. The highest BCUT2D eigenvalue weighted by atomic mass is 35.5. The molecule has 1 N–H and O–H groups in total. The van der Waals surface area contributed by atoms with Gasteiger partial charge in [-0.1, -0.05) is 73.4 Å². The van der Waals surface area contributed by atoms with E-state index in [2.05, 4.69) is 49.5 Å². The van der Waals surface area contributed by atoms with Crippen molar-refractivity contribution in [2.75, 3.05) is 6.54 Å². The minimum atomic E-state index is 0.343. The van der Waals surface area contributed by atoms with Gasteiger partial charge in [-0.3, -0.25) is 0 Å². The maximum absolute atomic E-state index is 6.29. The largest absolute Gasteiger partial charge is 0.488 e. The van der Waals surface area contributed by atoms with Crippen molar-refractivity contribution in [3.63, 3.8) is 0 Å². The number of halogens is 2. The minimum Gasteiger partial charge on any atom is -0.488 e. The van der Waals surface area contributed by atoms with Crippen LogP contribution in [0.3, 0.4) is 0 Å². The first-order chi connectivity index (χ1) is 13.1. The molecule has 0 saturated carbocycles. The highest BCUT2D eigenvalue weighted by Crippen LogP contribution is 2.31. The predicted molar refractivity (Wildman–Crippen MR) is 116 cm³/mol. The molecule has 0 radical (unpaired) electrons. The van der Waals surface area contributed by atoms with E-state index < -0.39 is 0 Å². The van der Waals surface area contributed by atoms with Crippen molar-refractivity contribution in [3.8, 4) is 5.75 Å². The monoisotopic (exact) mass is 401 g/mol. The van der Waals surface area contributed by atoms with Crippen LogP contribution in [-0.2, 0) is 13.2 Å². The van der Waals surface area contributed by atoms with E-state index in [4.69, 9.17) is 27.9 Å². The van der Waals surface area contributed by atoms with Crippen LogP contribution in [0.5, 0.6) is 5.75 Å². The van der Waals surface area contributed by atoms with E-state index in [0.717, 1.165) is 30.8 Å². The maximum atomic E-state index is 6.29. The Morgan fingerprint density at radius 1 is 0.889 bits per heavy atom. The molecule has 3 aromatic carbocycles. The normalized spacial score (nSPS) is 11.3. The Morgan fingerprint density at radius 2 is 1.63 bits per heavy atom. The lowest BCUT2D eigenvalue weighted by Crippen LogP contribution is -2.17. The zero-order valence-corrected chi connectivity index (χ0v) is 17.3. The molecule has 0 aromatic heterocycles. The van der Waals surface area contributed by atoms with Gasteiger partial charge in [-0.15, -0.1) is 0 Å². The van der Waals surface area contributed by atoms with Gasteiger partial charge in [0.2, 0.25) is 0 Å². The third kappa shape index (κ3) is 5.16. The van der Waals surface area contributed by atoms with Gasteiger partial charge in [-0.25, -0.2) is 0 Å². The molecule has 0 fully saturated rings. The number of nitrogens with one attached hydrogen (secondary N) is 1. The van der Waals surface area contributed by atoms with Gasteiger partial charge in [-0.05, 0) is 47.9 Å². The van der Waals surface area contributed by atoms with Gasteiger partial charge in [0.1, 0.15) is 12.4 Å². The molecule has 0 bridgehead atoms. The summed E-state index contributed by atoms with van der Waals surface area (Å²) >= 11 is 12.6. The van der Waals surface area contributed by atoms with Crippen LogP contribution in [0.1, 0.15) is 31.4 Å². The van der Waals surface area contributed by atoms with E-state index in [1.807, 2.05) is 24.3 Å². The van der Waals surface area contributed by atoms with E-state index in [-0.39, 0.29) is 0 Å². The summed E-state index contributed by atoms with van der Waals surface area (Å²) < 4.78 is 6.16. The molecule has 0 atom stereocenters. The van der Waals surface area contributed by atoms with Crippen molar-refractivity contribution in [3.05, 3.63) is 75.8 Å². The van der Waals surface area contributed by atoms with Gasteiger partial charge in [0.25, 0.3) is 0 Å². The summed E-state index contributed by atoms with van der Waals surface area (Å²) in [5.41, 5.74) is 1.98. The fraction of sp³-hybridized carbons (Fsp3) is 0.304. The van der Waals surface area contributed by atoms with Crippen LogP contribution < -0.4 is 10.1 Å². The Balaban J connectivity index is 1.84. The molecule has 27 heavy (non-hydrogen) atoms. The number of benzene rings is 3. The average Bonchev–Trinajstić information content (AvgIpc) is 2.65. The molecular weight excluding hydrogens is 377 g/mol. The molecule has 4 heteroatoms. The van der Waals surface area contributed by atoms with Gasteiger partial charge in [-0.2, -0.15) is 0 Å².